The molecule has 0 saturated heterocycles. The van der Waals surface area contributed by atoms with Crippen molar-refractivity contribution in [2.45, 2.75) is 25.2 Å². The van der Waals surface area contributed by atoms with Crippen LogP contribution in [0, 0.1) is 5.92 Å². The van der Waals surface area contributed by atoms with Gasteiger partial charge >= 0.3 is 0 Å². The highest BCUT2D eigenvalue weighted by Crippen LogP contribution is 2.46. The smallest absolute Gasteiger partial charge is 0.122 e. The van der Waals surface area contributed by atoms with Crippen LogP contribution in [0.5, 0.6) is 5.75 Å². The van der Waals surface area contributed by atoms with E-state index in [-0.39, 0.29) is 0 Å². The summed E-state index contributed by atoms with van der Waals surface area (Å²) in [5, 5.41) is 0. The van der Waals surface area contributed by atoms with E-state index in [2.05, 4.69) is 12.1 Å². The van der Waals surface area contributed by atoms with Crippen LogP contribution in [-0.4, -0.2) is 13.7 Å². The summed E-state index contributed by atoms with van der Waals surface area (Å²) in [4.78, 5) is 0. The van der Waals surface area contributed by atoms with Gasteiger partial charge in [-0.2, -0.15) is 0 Å². The Balaban J connectivity index is 2.23. The normalized spacial score (nSPS) is 17.5. The molecule has 2 rings (SSSR count). The van der Waals surface area contributed by atoms with Crippen molar-refractivity contribution in [3.05, 3.63) is 29.8 Å². The van der Waals surface area contributed by atoms with Gasteiger partial charge in [0.15, 0.2) is 0 Å². The second kappa shape index (κ2) is 4.67. The first-order chi connectivity index (χ1) is 7.36. The van der Waals surface area contributed by atoms with Crippen LogP contribution in [0.3, 0.4) is 0 Å². The maximum absolute atomic E-state index is 5.68. The number of rotatable bonds is 5. The van der Waals surface area contributed by atoms with Crippen molar-refractivity contribution in [2.75, 3.05) is 13.7 Å². The lowest BCUT2D eigenvalue weighted by Gasteiger charge is -2.18. The van der Waals surface area contributed by atoms with Crippen molar-refractivity contribution in [1.82, 2.24) is 0 Å². The van der Waals surface area contributed by atoms with Crippen molar-refractivity contribution < 1.29 is 4.74 Å². The molecule has 2 nitrogen and oxygen atoms in total. The van der Waals surface area contributed by atoms with E-state index in [1.807, 2.05) is 12.1 Å². The Morgan fingerprint density at radius 2 is 2.13 bits per heavy atom. The summed E-state index contributed by atoms with van der Waals surface area (Å²) in [5.74, 6) is 2.46. The molecule has 0 spiro atoms. The largest absolute Gasteiger partial charge is 0.496 e. The highest BCUT2D eigenvalue weighted by Gasteiger charge is 2.32. The summed E-state index contributed by atoms with van der Waals surface area (Å²) >= 11 is 0. The van der Waals surface area contributed by atoms with E-state index < -0.39 is 0 Å². The van der Waals surface area contributed by atoms with Gasteiger partial charge in [0.1, 0.15) is 5.75 Å². The molecule has 1 aliphatic rings. The molecule has 2 N–H and O–H groups in total. The SMILES string of the molecule is COc1ccccc1C(CCN)C1CC1. The second-order valence-corrected chi connectivity index (χ2v) is 4.26. The molecule has 1 aliphatic carbocycles. The van der Waals surface area contributed by atoms with Crippen LogP contribution in [-0.2, 0) is 0 Å². The summed E-state index contributed by atoms with van der Waals surface area (Å²) in [6.45, 7) is 0.763. The molecule has 1 saturated carbocycles. The van der Waals surface area contributed by atoms with E-state index in [0.29, 0.717) is 5.92 Å². The Labute approximate surface area is 91.4 Å². The second-order valence-electron chi connectivity index (χ2n) is 4.26. The zero-order valence-corrected chi connectivity index (χ0v) is 9.28. The monoisotopic (exact) mass is 205 g/mol. The summed E-state index contributed by atoms with van der Waals surface area (Å²) in [5.41, 5.74) is 7.02. The number of benzene rings is 1. The molecular weight excluding hydrogens is 186 g/mol. The van der Waals surface area contributed by atoms with Gasteiger partial charge < -0.3 is 10.5 Å². The van der Waals surface area contributed by atoms with Gasteiger partial charge in [-0.15, -0.1) is 0 Å². The third-order valence-electron chi connectivity index (χ3n) is 3.21. The zero-order valence-electron chi connectivity index (χ0n) is 9.28. The molecule has 1 atom stereocenters. The lowest BCUT2D eigenvalue weighted by Crippen LogP contribution is -2.10. The fourth-order valence-electron chi connectivity index (χ4n) is 2.30. The molecular formula is C13H19NO. The van der Waals surface area contributed by atoms with Crippen LogP contribution in [0.1, 0.15) is 30.7 Å². The van der Waals surface area contributed by atoms with Crippen LogP contribution in [0.4, 0.5) is 0 Å². The van der Waals surface area contributed by atoms with E-state index in [1.165, 1.54) is 18.4 Å². The minimum atomic E-state index is 0.603. The molecule has 0 bridgehead atoms. The molecule has 82 valence electrons. The standard InChI is InChI=1S/C13H19NO/c1-15-13-5-3-2-4-12(13)11(8-9-14)10-6-7-10/h2-5,10-11H,6-9,14H2,1H3. The zero-order chi connectivity index (χ0) is 10.7. The number of nitrogens with two attached hydrogens (primary N) is 1. The summed E-state index contributed by atoms with van der Waals surface area (Å²) in [7, 11) is 1.74. The number of ether oxygens (including phenoxy) is 1. The van der Waals surface area contributed by atoms with Gasteiger partial charge in [0.2, 0.25) is 0 Å². The van der Waals surface area contributed by atoms with E-state index in [0.717, 1.165) is 24.6 Å². The maximum atomic E-state index is 5.68. The Bertz CT molecular complexity index is 320. The molecule has 0 aromatic heterocycles. The van der Waals surface area contributed by atoms with Gasteiger partial charge in [0.05, 0.1) is 7.11 Å². The lowest BCUT2D eigenvalue weighted by molar-refractivity contribution is 0.400. The quantitative estimate of drug-likeness (QED) is 0.801. The highest BCUT2D eigenvalue weighted by molar-refractivity contribution is 5.37. The van der Waals surface area contributed by atoms with Gasteiger partial charge in [-0.1, -0.05) is 18.2 Å². The summed E-state index contributed by atoms with van der Waals surface area (Å²) in [6.07, 6.45) is 3.77. The van der Waals surface area contributed by atoms with Crippen molar-refractivity contribution >= 4 is 0 Å². The van der Waals surface area contributed by atoms with E-state index in [1.54, 1.807) is 7.11 Å². The van der Waals surface area contributed by atoms with Gasteiger partial charge in [-0.3, -0.25) is 0 Å². The van der Waals surface area contributed by atoms with Crippen molar-refractivity contribution in [1.29, 1.82) is 0 Å². The van der Waals surface area contributed by atoms with Gasteiger partial charge in [-0.25, -0.2) is 0 Å². The van der Waals surface area contributed by atoms with E-state index in [9.17, 15) is 0 Å². The predicted molar refractivity (Wildman–Crippen MR) is 62.1 cm³/mol. The van der Waals surface area contributed by atoms with Crippen LogP contribution in [0.2, 0.25) is 0 Å². The molecule has 0 heterocycles. The molecule has 15 heavy (non-hydrogen) atoms. The average molecular weight is 205 g/mol. The Morgan fingerprint density at radius 3 is 2.73 bits per heavy atom. The maximum Gasteiger partial charge on any atom is 0.122 e. The van der Waals surface area contributed by atoms with Gasteiger partial charge in [0.25, 0.3) is 0 Å². The topological polar surface area (TPSA) is 35.2 Å². The van der Waals surface area contributed by atoms with Crippen molar-refractivity contribution in [3.8, 4) is 5.75 Å². The minimum Gasteiger partial charge on any atom is -0.496 e. The van der Waals surface area contributed by atoms with Crippen LogP contribution in [0.25, 0.3) is 0 Å². The van der Waals surface area contributed by atoms with Crippen molar-refractivity contribution in [3.63, 3.8) is 0 Å². The summed E-state index contributed by atoms with van der Waals surface area (Å²) < 4.78 is 5.41. The third-order valence-corrected chi connectivity index (χ3v) is 3.21. The molecule has 1 fully saturated rings. The first-order valence-electron chi connectivity index (χ1n) is 5.69. The van der Waals surface area contributed by atoms with Crippen LogP contribution in [0.15, 0.2) is 24.3 Å². The van der Waals surface area contributed by atoms with E-state index in [4.69, 9.17) is 10.5 Å². The molecule has 1 aromatic carbocycles. The Kier molecular flexibility index (Phi) is 3.27. The molecule has 1 aromatic rings. The van der Waals surface area contributed by atoms with Gasteiger partial charge in [-0.05, 0) is 49.3 Å². The first kappa shape index (κ1) is 10.5. The lowest BCUT2D eigenvalue weighted by atomic mass is 9.90. The summed E-state index contributed by atoms with van der Waals surface area (Å²) in [6, 6.07) is 8.33. The fourth-order valence-corrected chi connectivity index (χ4v) is 2.30. The molecule has 0 radical (unpaired) electrons. The van der Waals surface area contributed by atoms with E-state index >= 15 is 0 Å². The minimum absolute atomic E-state index is 0.603. The highest BCUT2D eigenvalue weighted by atomic mass is 16.5. The van der Waals surface area contributed by atoms with Crippen LogP contribution >= 0.6 is 0 Å². The van der Waals surface area contributed by atoms with Crippen molar-refractivity contribution in [2.24, 2.45) is 11.7 Å². The first-order valence-corrected chi connectivity index (χ1v) is 5.69. The average Bonchev–Trinajstić information content (AvgIpc) is 3.10. The number of methoxy groups -OCH3 is 1. The Hall–Kier alpha value is -1.02. The van der Waals surface area contributed by atoms with Gasteiger partial charge in [0, 0.05) is 0 Å². The predicted octanol–water partition coefficient (Wildman–Crippen LogP) is 2.54. The molecule has 1 unspecified atom stereocenters. The number of para-hydroxylation sites is 1. The Morgan fingerprint density at radius 1 is 1.40 bits per heavy atom. The molecule has 0 amide bonds. The third kappa shape index (κ3) is 2.32. The van der Waals surface area contributed by atoms with Crippen LogP contribution < -0.4 is 10.5 Å². The molecule has 2 heteroatoms. The number of hydrogen-bond donors (Lipinski definition) is 1. The molecule has 0 aliphatic heterocycles. The fraction of sp³-hybridized carbons (Fsp3) is 0.538. The number of hydrogen-bond acceptors (Lipinski definition) is 2.